The van der Waals surface area contributed by atoms with Crippen LogP contribution in [-0.2, 0) is 0 Å². The van der Waals surface area contributed by atoms with Gasteiger partial charge in [0.05, 0.1) is 11.5 Å². The molecule has 0 aromatic carbocycles. The number of nitriles is 1. The van der Waals surface area contributed by atoms with Gasteiger partial charge >= 0.3 is 0 Å². The second kappa shape index (κ2) is 2.06. The lowest BCUT2D eigenvalue weighted by Crippen LogP contribution is -1.94. The molecule has 1 aliphatic rings. The molecule has 2 heteroatoms. The van der Waals surface area contributed by atoms with Crippen molar-refractivity contribution < 1.29 is 0 Å². The highest BCUT2D eigenvalue weighted by molar-refractivity contribution is 9.09. The van der Waals surface area contributed by atoms with Gasteiger partial charge in [0, 0.05) is 5.33 Å². The molecular formula is C6H8BrN. The van der Waals surface area contributed by atoms with Crippen molar-refractivity contribution in [2.75, 3.05) is 5.33 Å². The third-order valence-electron chi connectivity index (χ3n) is 1.66. The Morgan fingerprint density at radius 2 is 2.25 bits per heavy atom. The molecule has 0 radical (unpaired) electrons. The van der Waals surface area contributed by atoms with Crippen LogP contribution in [-0.4, -0.2) is 5.33 Å². The van der Waals surface area contributed by atoms with E-state index < -0.39 is 0 Å². The van der Waals surface area contributed by atoms with Crippen LogP contribution in [0.2, 0.25) is 0 Å². The summed E-state index contributed by atoms with van der Waals surface area (Å²) >= 11 is 3.31. The maximum absolute atomic E-state index is 8.52. The summed E-state index contributed by atoms with van der Waals surface area (Å²) in [6.07, 6.45) is 3.27. The van der Waals surface area contributed by atoms with Gasteiger partial charge in [-0.2, -0.15) is 5.26 Å². The Labute approximate surface area is 57.8 Å². The Hall–Kier alpha value is -0.0300. The first-order valence-electron chi connectivity index (χ1n) is 2.80. The molecule has 0 bridgehead atoms. The van der Waals surface area contributed by atoms with Crippen molar-refractivity contribution in [3.8, 4) is 6.07 Å². The van der Waals surface area contributed by atoms with Crippen LogP contribution in [0.3, 0.4) is 0 Å². The van der Waals surface area contributed by atoms with E-state index in [0.717, 1.165) is 24.6 Å². The average Bonchev–Trinajstić information content (AvgIpc) is 2.50. The van der Waals surface area contributed by atoms with Gasteiger partial charge in [0.25, 0.3) is 0 Å². The van der Waals surface area contributed by atoms with Crippen LogP contribution in [0.25, 0.3) is 0 Å². The molecule has 0 spiro atoms. The van der Waals surface area contributed by atoms with E-state index in [-0.39, 0.29) is 5.41 Å². The standard InChI is InChI=1S/C6H8BrN/c7-4-3-6(5-8)1-2-6/h1-4H2. The van der Waals surface area contributed by atoms with Crippen LogP contribution in [0.4, 0.5) is 0 Å². The van der Waals surface area contributed by atoms with Crippen LogP contribution in [0.15, 0.2) is 0 Å². The molecule has 0 aliphatic heterocycles. The number of halogens is 1. The molecule has 44 valence electrons. The van der Waals surface area contributed by atoms with Gasteiger partial charge in [-0.25, -0.2) is 0 Å². The zero-order valence-corrected chi connectivity index (χ0v) is 6.24. The lowest BCUT2D eigenvalue weighted by molar-refractivity contribution is 0.650. The average molecular weight is 174 g/mol. The largest absolute Gasteiger partial charge is 0.198 e. The Balaban J connectivity index is 2.33. The molecule has 0 heterocycles. The fourth-order valence-electron chi connectivity index (χ4n) is 0.749. The van der Waals surface area contributed by atoms with Crippen molar-refractivity contribution in [2.45, 2.75) is 19.3 Å². The summed E-state index contributed by atoms with van der Waals surface area (Å²) < 4.78 is 0. The molecule has 0 unspecified atom stereocenters. The summed E-state index contributed by atoms with van der Waals surface area (Å²) in [5.41, 5.74) is 0.101. The van der Waals surface area contributed by atoms with E-state index in [1.807, 2.05) is 0 Å². The van der Waals surface area contributed by atoms with Crippen molar-refractivity contribution >= 4 is 15.9 Å². The SMILES string of the molecule is N#CC1(CCBr)CC1. The topological polar surface area (TPSA) is 23.8 Å². The molecule has 1 aliphatic carbocycles. The fraction of sp³-hybridized carbons (Fsp3) is 0.833. The van der Waals surface area contributed by atoms with Gasteiger partial charge in [-0.3, -0.25) is 0 Å². The van der Waals surface area contributed by atoms with Crippen LogP contribution in [0.5, 0.6) is 0 Å². The van der Waals surface area contributed by atoms with Gasteiger partial charge in [0.2, 0.25) is 0 Å². The molecular weight excluding hydrogens is 166 g/mol. The molecule has 0 N–H and O–H groups in total. The smallest absolute Gasteiger partial charge is 0.0690 e. The van der Waals surface area contributed by atoms with Gasteiger partial charge < -0.3 is 0 Å². The van der Waals surface area contributed by atoms with E-state index in [9.17, 15) is 0 Å². The maximum Gasteiger partial charge on any atom is 0.0690 e. The first kappa shape index (κ1) is 6.10. The Morgan fingerprint density at radius 1 is 1.62 bits per heavy atom. The summed E-state index contributed by atoms with van der Waals surface area (Å²) in [5, 5.41) is 9.49. The molecule has 0 saturated heterocycles. The molecule has 1 saturated carbocycles. The van der Waals surface area contributed by atoms with Gasteiger partial charge in [-0.1, -0.05) is 15.9 Å². The molecule has 1 nitrogen and oxygen atoms in total. The van der Waals surface area contributed by atoms with E-state index >= 15 is 0 Å². The van der Waals surface area contributed by atoms with Gasteiger partial charge in [0.15, 0.2) is 0 Å². The minimum Gasteiger partial charge on any atom is -0.198 e. The Bertz CT molecular complexity index is 121. The molecule has 0 aromatic heterocycles. The lowest BCUT2D eigenvalue weighted by Gasteiger charge is -1.97. The predicted molar refractivity (Wildman–Crippen MR) is 35.7 cm³/mol. The third-order valence-corrected chi connectivity index (χ3v) is 2.06. The minimum absolute atomic E-state index is 0.101. The molecule has 1 fully saturated rings. The van der Waals surface area contributed by atoms with Crippen LogP contribution in [0, 0.1) is 16.7 Å². The number of rotatable bonds is 2. The Morgan fingerprint density at radius 3 is 2.38 bits per heavy atom. The summed E-state index contributed by atoms with van der Waals surface area (Å²) in [6.45, 7) is 0. The van der Waals surface area contributed by atoms with Crippen LogP contribution < -0.4 is 0 Å². The van der Waals surface area contributed by atoms with Gasteiger partial charge in [0.1, 0.15) is 0 Å². The normalized spacial score (nSPS) is 22.0. The highest BCUT2D eigenvalue weighted by Crippen LogP contribution is 2.48. The predicted octanol–water partition coefficient (Wildman–Crippen LogP) is 2.08. The van der Waals surface area contributed by atoms with E-state index in [1.165, 1.54) is 0 Å². The summed E-state index contributed by atoms with van der Waals surface area (Å²) in [6, 6.07) is 2.32. The highest BCUT2D eigenvalue weighted by Gasteiger charge is 2.41. The van der Waals surface area contributed by atoms with E-state index in [4.69, 9.17) is 5.26 Å². The summed E-state index contributed by atoms with van der Waals surface area (Å²) in [5.74, 6) is 0. The van der Waals surface area contributed by atoms with Crippen LogP contribution >= 0.6 is 15.9 Å². The monoisotopic (exact) mass is 173 g/mol. The number of hydrogen-bond acceptors (Lipinski definition) is 1. The second-order valence-corrected chi connectivity index (χ2v) is 3.12. The van der Waals surface area contributed by atoms with Crippen LogP contribution in [0.1, 0.15) is 19.3 Å². The molecule has 0 atom stereocenters. The van der Waals surface area contributed by atoms with E-state index in [0.29, 0.717) is 0 Å². The lowest BCUT2D eigenvalue weighted by atomic mass is 10.1. The maximum atomic E-state index is 8.52. The summed E-state index contributed by atoms with van der Waals surface area (Å²) in [7, 11) is 0. The first-order valence-corrected chi connectivity index (χ1v) is 3.92. The molecule has 1 rings (SSSR count). The number of nitrogens with zero attached hydrogens (tertiary/aromatic N) is 1. The summed E-state index contributed by atoms with van der Waals surface area (Å²) in [4.78, 5) is 0. The van der Waals surface area contributed by atoms with Crippen molar-refractivity contribution in [3.05, 3.63) is 0 Å². The number of alkyl halides is 1. The third kappa shape index (κ3) is 1.03. The fourth-order valence-corrected chi connectivity index (χ4v) is 1.51. The first-order chi connectivity index (χ1) is 3.83. The van der Waals surface area contributed by atoms with E-state index in [2.05, 4.69) is 22.0 Å². The minimum atomic E-state index is 0.101. The van der Waals surface area contributed by atoms with Gasteiger partial charge in [-0.15, -0.1) is 0 Å². The number of hydrogen-bond donors (Lipinski definition) is 0. The quantitative estimate of drug-likeness (QED) is 0.588. The zero-order valence-electron chi connectivity index (χ0n) is 4.65. The van der Waals surface area contributed by atoms with Crippen molar-refractivity contribution in [1.82, 2.24) is 0 Å². The van der Waals surface area contributed by atoms with E-state index in [1.54, 1.807) is 0 Å². The highest BCUT2D eigenvalue weighted by atomic mass is 79.9. The second-order valence-electron chi connectivity index (χ2n) is 2.33. The van der Waals surface area contributed by atoms with Crippen molar-refractivity contribution in [1.29, 1.82) is 5.26 Å². The molecule has 0 amide bonds. The molecule has 0 aromatic rings. The molecule has 8 heavy (non-hydrogen) atoms. The zero-order chi connectivity index (χ0) is 6.04. The van der Waals surface area contributed by atoms with Crippen molar-refractivity contribution in [3.63, 3.8) is 0 Å². The van der Waals surface area contributed by atoms with Crippen molar-refractivity contribution in [2.24, 2.45) is 5.41 Å². The van der Waals surface area contributed by atoms with Gasteiger partial charge in [-0.05, 0) is 19.3 Å². The Kier molecular flexibility index (Phi) is 1.57.